The van der Waals surface area contributed by atoms with Crippen molar-refractivity contribution in [3.63, 3.8) is 0 Å². The summed E-state index contributed by atoms with van der Waals surface area (Å²) in [5, 5.41) is 4.97. The summed E-state index contributed by atoms with van der Waals surface area (Å²) in [6, 6.07) is 7.93. The van der Waals surface area contributed by atoms with Gasteiger partial charge in [-0.05, 0) is 42.8 Å². The van der Waals surface area contributed by atoms with Crippen LogP contribution >= 0.6 is 34.8 Å². The van der Waals surface area contributed by atoms with Crippen molar-refractivity contribution in [1.82, 2.24) is 5.43 Å². The summed E-state index contributed by atoms with van der Waals surface area (Å²) >= 11 is 18.0. The van der Waals surface area contributed by atoms with Gasteiger partial charge in [0.2, 0.25) is 0 Å². The molecule has 0 fully saturated rings. The van der Waals surface area contributed by atoms with E-state index in [0.29, 0.717) is 33.7 Å². The summed E-state index contributed by atoms with van der Waals surface area (Å²) in [7, 11) is 1.51. The van der Waals surface area contributed by atoms with Crippen LogP contribution in [0.25, 0.3) is 0 Å². The fourth-order valence-corrected chi connectivity index (χ4v) is 2.77. The first-order valence-corrected chi connectivity index (χ1v) is 8.38. The number of carbonyl (C=O) groups excluding carboxylic acids is 1. The van der Waals surface area contributed by atoms with Crippen LogP contribution in [-0.2, 0) is 0 Å². The molecular formula is C17H15Cl3N2O3. The van der Waals surface area contributed by atoms with Crippen molar-refractivity contribution in [3.05, 3.63) is 56.5 Å². The number of rotatable bonds is 6. The zero-order chi connectivity index (χ0) is 18.4. The average molecular weight is 402 g/mol. The Labute approximate surface area is 160 Å². The van der Waals surface area contributed by atoms with Gasteiger partial charge in [-0.25, -0.2) is 5.43 Å². The second-order valence-corrected chi connectivity index (χ2v) is 6.04. The summed E-state index contributed by atoms with van der Waals surface area (Å²) in [4.78, 5) is 12.1. The van der Waals surface area contributed by atoms with Crippen molar-refractivity contribution in [2.24, 2.45) is 5.10 Å². The first-order valence-electron chi connectivity index (χ1n) is 7.25. The van der Waals surface area contributed by atoms with E-state index in [-0.39, 0.29) is 10.6 Å². The minimum absolute atomic E-state index is 0.242. The van der Waals surface area contributed by atoms with E-state index in [1.807, 2.05) is 6.92 Å². The van der Waals surface area contributed by atoms with Gasteiger partial charge in [-0.15, -0.1) is 0 Å². The van der Waals surface area contributed by atoms with Gasteiger partial charge in [0, 0.05) is 5.02 Å². The Morgan fingerprint density at radius 1 is 1.20 bits per heavy atom. The summed E-state index contributed by atoms with van der Waals surface area (Å²) in [5.41, 5.74) is 3.29. The number of benzene rings is 2. The van der Waals surface area contributed by atoms with Gasteiger partial charge in [0.05, 0.1) is 35.5 Å². The summed E-state index contributed by atoms with van der Waals surface area (Å²) in [6.07, 6.45) is 1.44. The third-order valence-corrected chi connectivity index (χ3v) is 3.92. The van der Waals surface area contributed by atoms with Crippen LogP contribution in [-0.4, -0.2) is 25.8 Å². The Morgan fingerprint density at radius 2 is 1.96 bits per heavy atom. The van der Waals surface area contributed by atoms with Crippen molar-refractivity contribution < 1.29 is 14.3 Å². The highest BCUT2D eigenvalue weighted by molar-refractivity contribution is 6.36. The monoisotopic (exact) mass is 400 g/mol. The third kappa shape index (κ3) is 5.01. The van der Waals surface area contributed by atoms with Crippen LogP contribution in [0.2, 0.25) is 15.1 Å². The average Bonchev–Trinajstić information content (AvgIpc) is 2.56. The summed E-state index contributed by atoms with van der Waals surface area (Å²) in [5.74, 6) is 0.477. The topological polar surface area (TPSA) is 59.9 Å². The minimum atomic E-state index is -0.457. The molecule has 0 saturated carbocycles. The molecule has 0 radical (unpaired) electrons. The first kappa shape index (κ1) is 19.4. The van der Waals surface area contributed by atoms with E-state index in [9.17, 15) is 4.79 Å². The van der Waals surface area contributed by atoms with Crippen LogP contribution in [0.15, 0.2) is 35.4 Å². The smallest absolute Gasteiger partial charge is 0.272 e. The number of carbonyl (C=O) groups is 1. The van der Waals surface area contributed by atoms with Gasteiger partial charge in [-0.3, -0.25) is 4.79 Å². The molecule has 1 amide bonds. The lowest BCUT2D eigenvalue weighted by molar-refractivity contribution is 0.0955. The number of nitrogens with one attached hydrogen (secondary N) is 1. The second-order valence-electron chi connectivity index (χ2n) is 4.79. The first-order chi connectivity index (χ1) is 12.0. The minimum Gasteiger partial charge on any atom is -0.493 e. The molecule has 0 aliphatic carbocycles. The molecule has 2 aromatic carbocycles. The Morgan fingerprint density at radius 3 is 2.60 bits per heavy atom. The Bertz CT molecular complexity index is 810. The Hall–Kier alpha value is -1.95. The highest BCUT2D eigenvalue weighted by Gasteiger charge is 2.12. The molecule has 5 nitrogen and oxygen atoms in total. The SMILES string of the molecule is CCOc1c(Cl)cc(/C=N\NC(=O)c2ccc(Cl)cc2Cl)cc1OC. The number of hydrogen-bond donors (Lipinski definition) is 1. The van der Waals surface area contributed by atoms with E-state index in [4.69, 9.17) is 44.3 Å². The van der Waals surface area contributed by atoms with E-state index < -0.39 is 5.91 Å². The van der Waals surface area contributed by atoms with Crippen LogP contribution in [0.1, 0.15) is 22.8 Å². The summed E-state index contributed by atoms with van der Waals surface area (Å²) in [6.45, 7) is 2.31. The van der Waals surface area contributed by atoms with Crippen LogP contribution in [0.4, 0.5) is 0 Å². The highest BCUT2D eigenvalue weighted by atomic mass is 35.5. The van der Waals surface area contributed by atoms with Gasteiger partial charge >= 0.3 is 0 Å². The molecule has 2 aromatic rings. The molecule has 0 unspecified atom stereocenters. The lowest BCUT2D eigenvalue weighted by Crippen LogP contribution is -2.18. The molecule has 8 heteroatoms. The molecule has 0 heterocycles. The Balaban J connectivity index is 2.14. The highest BCUT2D eigenvalue weighted by Crippen LogP contribution is 2.35. The predicted molar refractivity (Wildman–Crippen MR) is 101 cm³/mol. The lowest BCUT2D eigenvalue weighted by atomic mass is 10.2. The van der Waals surface area contributed by atoms with E-state index in [1.165, 1.54) is 25.5 Å². The molecule has 0 spiro atoms. The standard InChI is InChI=1S/C17H15Cl3N2O3/c1-3-25-16-14(20)6-10(7-15(16)24-2)9-21-22-17(23)12-5-4-11(18)8-13(12)19/h4-9H,3H2,1-2H3,(H,22,23)/b21-9-. The van der Waals surface area contributed by atoms with Gasteiger partial charge < -0.3 is 9.47 Å². The molecule has 0 atom stereocenters. The number of ether oxygens (including phenoxy) is 2. The molecular weight excluding hydrogens is 387 g/mol. The van der Waals surface area contributed by atoms with Gasteiger partial charge in [0.15, 0.2) is 11.5 Å². The van der Waals surface area contributed by atoms with Crippen molar-refractivity contribution >= 4 is 46.9 Å². The van der Waals surface area contributed by atoms with E-state index in [0.717, 1.165) is 0 Å². The molecule has 0 aliphatic rings. The maximum absolute atomic E-state index is 12.1. The van der Waals surface area contributed by atoms with Crippen LogP contribution < -0.4 is 14.9 Å². The zero-order valence-electron chi connectivity index (χ0n) is 13.5. The number of halogens is 3. The molecule has 2 rings (SSSR count). The van der Waals surface area contributed by atoms with Crippen molar-refractivity contribution in [3.8, 4) is 11.5 Å². The lowest BCUT2D eigenvalue weighted by Gasteiger charge is -2.11. The van der Waals surface area contributed by atoms with Gasteiger partial charge in [0.1, 0.15) is 0 Å². The maximum Gasteiger partial charge on any atom is 0.272 e. The van der Waals surface area contributed by atoms with E-state index >= 15 is 0 Å². The zero-order valence-corrected chi connectivity index (χ0v) is 15.7. The molecule has 132 valence electrons. The van der Waals surface area contributed by atoms with Gasteiger partial charge in [-0.1, -0.05) is 34.8 Å². The Kier molecular flexibility index (Phi) is 6.93. The normalized spacial score (nSPS) is 10.8. The van der Waals surface area contributed by atoms with Gasteiger partial charge in [0.25, 0.3) is 5.91 Å². The fourth-order valence-electron chi connectivity index (χ4n) is 2.00. The van der Waals surface area contributed by atoms with Crippen molar-refractivity contribution in [1.29, 1.82) is 0 Å². The number of nitrogens with zero attached hydrogens (tertiary/aromatic N) is 1. The van der Waals surface area contributed by atoms with E-state index in [1.54, 1.807) is 18.2 Å². The quantitative estimate of drug-likeness (QED) is 0.558. The molecule has 25 heavy (non-hydrogen) atoms. The number of hydrazone groups is 1. The maximum atomic E-state index is 12.1. The summed E-state index contributed by atoms with van der Waals surface area (Å²) < 4.78 is 10.7. The van der Waals surface area contributed by atoms with E-state index in [2.05, 4.69) is 10.5 Å². The van der Waals surface area contributed by atoms with Crippen molar-refractivity contribution in [2.75, 3.05) is 13.7 Å². The van der Waals surface area contributed by atoms with Crippen LogP contribution in [0, 0.1) is 0 Å². The number of hydrogen-bond acceptors (Lipinski definition) is 4. The van der Waals surface area contributed by atoms with Crippen LogP contribution in [0.3, 0.4) is 0 Å². The molecule has 0 bridgehead atoms. The number of amides is 1. The predicted octanol–water partition coefficient (Wildman–Crippen LogP) is 4.82. The largest absolute Gasteiger partial charge is 0.493 e. The van der Waals surface area contributed by atoms with Gasteiger partial charge in [-0.2, -0.15) is 5.10 Å². The van der Waals surface area contributed by atoms with Crippen LogP contribution in [0.5, 0.6) is 11.5 Å². The third-order valence-electron chi connectivity index (χ3n) is 3.10. The molecule has 0 aliphatic heterocycles. The second kappa shape index (κ2) is 8.94. The fraction of sp³-hybridized carbons (Fsp3) is 0.176. The molecule has 0 saturated heterocycles. The molecule has 1 N–H and O–H groups in total. The van der Waals surface area contributed by atoms with Crippen molar-refractivity contribution in [2.45, 2.75) is 6.92 Å². The number of methoxy groups -OCH3 is 1. The molecule has 0 aromatic heterocycles.